The average Bonchev–Trinajstić information content (AvgIpc) is 2.39. The van der Waals surface area contributed by atoms with Crippen molar-refractivity contribution in [2.45, 2.75) is 51.1 Å². The van der Waals surface area contributed by atoms with Gasteiger partial charge >= 0.3 is 12.0 Å². The molecular formula is C13H21N3O5. The number of carbonyl (C=O) groups is 4. The lowest BCUT2D eigenvalue weighted by atomic mass is 9.96. The smallest absolute Gasteiger partial charge is 0.329 e. The summed E-state index contributed by atoms with van der Waals surface area (Å²) < 4.78 is 0. The number of carboxylic acids is 1. The first kappa shape index (κ1) is 16.9. The van der Waals surface area contributed by atoms with E-state index in [0.717, 1.165) is 4.90 Å². The van der Waals surface area contributed by atoms with Gasteiger partial charge in [-0.1, -0.05) is 13.3 Å². The molecule has 1 saturated heterocycles. The molecule has 3 N–H and O–H groups in total. The summed E-state index contributed by atoms with van der Waals surface area (Å²) >= 11 is 0. The Hall–Kier alpha value is -2.12. The Morgan fingerprint density at radius 1 is 1.43 bits per heavy atom. The fraction of sp³-hybridized carbons (Fsp3) is 0.692. The number of nitrogens with zero attached hydrogens (tertiary/aromatic N) is 1. The van der Waals surface area contributed by atoms with Gasteiger partial charge in [0.05, 0.1) is 0 Å². The third-order valence-electron chi connectivity index (χ3n) is 3.57. The van der Waals surface area contributed by atoms with Crippen molar-refractivity contribution in [3.05, 3.63) is 0 Å². The first-order chi connectivity index (χ1) is 9.71. The van der Waals surface area contributed by atoms with E-state index in [1.54, 1.807) is 0 Å². The Kier molecular flexibility index (Phi) is 5.28. The van der Waals surface area contributed by atoms with Crippen LogP contribution < -0.4 is 10.6 Å². The van der Waals surface area contributed by atoms with Crippen LogP contribution in [0.3, 0.4) is 0 Å². The summed E-state index contributed by atoms with van der Waals surface area (Å²) in [7, 11) is 1.36. The van der Waals surface area contributed by atoms with Gasteiger partial charge in [-0.3, -0.25) is 14.5 Å². The number of nitrogens with one attached hydrogen (secondary N) is 2. The van der Waals surface area contributed by atoms with Crippen molar-refractivity contribution >= 4 is 23.8 Å². The molecule has 8 nitrogen and oxygen atoms in total. The molecule has 21 heavy (non-hydrogen) atoms. The Labute approximate surface area is 122 Å². The number of imide groups is 1. The van der Waals surface area contributed by atoms with Crippen LogP contribution in [0, 0.1) is 0 Å². The number of urea groups is 1. The lowest BCUT2D eigenvalue weighted by Crippen LogP contribution is -2.60. The molecular weight excluding hydrogens is 278 g/mol. The van der Waals surface area contributed by atoms with E-state index in [0.29, 0.717) is 6.42 Å². The van der Waals surface area contributed by atoms with E-state index in [9.17, 15) is 24.3 Å². The average molecular weight is 299 g/mol. The van der Waals surface area contributed by atoms with Crippen LogP contribution in [-0.2, 0) is 14.4 Å². The number of carboxylic acid groups (broad SMARTS) is 1. The molecule has 0 bridgehead atoms. The third kappa shape index (κ3) is 3.93. The van der Waals surface area contributed by atoms with Gasteiger partial charge in [-0.05, 0) is 19.8 Å². The number of piperidine rings is 1. The van der Waals surface area contributed by atoms with Gasteiger partial charge in [0, 0.05) is 13.5 Å². The molecule has 0 aromatic heterocycles. The van der Waals surface area contributed by atoms with Gasteiger partial charge in [0.1, 0.15) is 11.6 Å². The summed E-state index contributed by atoms with van der Waals surface area (Å²) in [5.74, 6) is -1.92. The highest BCUT2D eigenvalue weighted by atomic mass is 16.4. The number of hydrogen-bond donors (Lipinski definition) is 3. The third-order valence-corrected chi connectivity index (χ3v) is 3.57. The monoisotopic (exact) mass is 299 g/mol. The minimum absolute atomic E-state index is 0.165. The number of likely N-dealkylation sites (tertiary alicyclic amines) is 1. The molecule has 1 aliphatic heterocycles. The molecule has 1 aliphatic rings. The van der Waals surface area contributed by atoms with Crippen LogP contribution in [0.5, 0.6) is 0 Å². The van der Waals surface area contributed by atoms with Crippen LogP contribution >= 0.6 is 0 Å². The molecule has 1 rings (SSSR count). The van der Waals surface area contributed by atoms with Gasteiger partial charge in [0.15, 0.2) is 0 Å². The van der Waals surface area contributed by atoms with E-state index in [-0.39, 0.29) is 25.2 Å². The van der Waals surface area contributed by atoms with Crippen molar-refractivity contribution < 1.29 is 24.3 Å². The van der Waals surface area contributed by atoms with Gasteiger partial charge in [0.2, 0.25) is 5.91 Å². The SMILES string of the molecule is CCCC(C)(NC(=O)NC1CCC(=O)N(C)C1=O)C(=O)O. The molecule has 0 radical (unpaired) electrons. The highest BCUT2D eigenvalue weighted by Gasteiger charge is 2.37. The molecule has 0 aromatic rings. The van der Waals surface area contributed by atoms with E-state index in [4.69, 9.17) is 0 Å². The predicted molar refractivity (Wildman–Crippen MR) is 73.4 cm³/mol. The normalized spacial score (nSPS) is 21.7. The zero-order chi connectivity index (χ0) is 16.2. The van der Waals surface area contributed by atoms with Crippen LogP contribution in [-0.4, -0.2) is 52.4 Å². The second kappa shape index (κ2) is 6.55. The number of amides is 4. The van der Waals surface area contributed by atoms with Crippen LogP contribution in [0.2, 0.25) is 0 Å². The summed E-state index contributed by atoms with van der Waals surface area (Å²) in [6.07, 6.45) is 1.24. The minimum Gasteiger partial charge on any atom is -0.480 e. The Bertz CT molecular complexity index is 465. The summed E-state index contributed by atoms with van der Waals surface area (Å²) in [6.45, 7) is 3.22. The van der Waals surface area contributed by atoms with Gasteiger partial charge in [-0.2, -0.15) is 0 Å². The van der Waals surface area contributed by atoms with Crippen LogP contribution in [0.15, 0.2) is 0 Å². The quantitative estimate of drug-likeness (QED) is 0.622. The standard InChI is InChI=1S/C13H21N3O5/c1-4-7-13(2,11(19)20)15-12(21)14-8-5-6-9(17)16(3)10(8)18/h8H,4-7H2,1-3H3,(H,19,20)(H2,14,15,21). The summed E-state index contributed by atoms with van der Waals surface area (Å²) in [6, 6.07) is -1.54. The number of hydrogen-bond acceptors (Lipinski definition) is 4. The Morgan fingerprint density at radius 3 is 2.57 bits per heavy atom. The number of likely N-dealkylation sites (N-methyl/N-ethyl adjacent to an activating group) is 1. The minimum atomic E-state index is -1.39. The molecule has 8 heteroatoms. The van der Waals surface area contributed by atoms with E-state index in [1.807, 2.05) is 6.92 Å². The van der Waals surface area contributed by atoms with E-state index >= 15 is 0 Å². The van der Waals surface area contributed by atoms with Crippen molar-refractivity contribution in [3.63, 3.8) is 0 Å². The summed E-state index contributed by atoms with van der Waals surface area (Å²) in [4.78, 5) is 47.3. The molecule has 0 spiro atoms. The summed E-state index contributed by atoms with van der Waals surface area (Å²) in [5, 5.41) is 14.0. The molecule has 1 fully saturated rings. The molecule has 0 aliphatic carbocycles. The van der Waals surface area contributed by atoms with Crippen molar-refractivity contribution in [3.8, 4) is 0 Å². The molecule has 118 valence electrons. The Balaban J connectivity index is 2.67. The maximum atomic E-state index is 11.9. The largest absolute Gasteiger partial charge is 0.480 e. The van der Waals surface area contributed by atoms with Crippen molar-refractivity contribution in [1.29, 1.82) is 0 Å². The zero-order valence-corrected chi connectivity index (χ0v) is 12.4. The van der Waals surface area contributed by atoms with E-state index in [2.05, 4.69) is 10.6 Å². The van der Waals surface area contributed by atoms with Crippen LogP contribution in [0.1, 0.15) is 39.5 Å². The van der Waals surface area contributed by atoms with Gasteiger partial charge in [0.25, 0.3) is 5.91 Å². The van der Waals surface area contributed by atoms with E-state index in [1.165, 1.54) is 14.0 Å². The van der Waals surface area contributed by atoms with Crippen molar-refractivity contribution in [1.82, 2.24) is 15.5 Å². The summed E-state index contributed by atoms with van der Waals surface area (Å²) in [5.41, 5.74) is -1.39. The van der Waals surface area contributed by atoms with Crippen LogP contribution in [0.25, 0.3) is 0 Å². The fourth-order valence-electron chi connectivity index (χ4n) is 2.22. The number of aliphatic carboxylic acids is 1. The lowest BCUT2D eigenvalue weighted by Gasteiger charge is -2.30. The van der Waals surface area contributed by atoms with Gasteiger partial charge in [-0.25, -0.2) is 9.59 Å². The molecule has 4 amide bonds. The fourth-order valence-corrected chi connectivity index (χ4v) is 2.22. The maximum Gasteiger partial charge on any atom is 0.329 e. The Morgan fingerprint density at radius 2 is 2.05 bits per heavy atom. The maximum absolute atomic E-state index is 11.9. The van der Waals surface area contributed by atoms with Gasteiger partial charge in [-0.15, -0.1) is 0 Å². The molecule has 0 saturated carbocycles. The predicted octanol–water partition coefficient (Wildman–Crippen LogP) is 0.0764. The first-order valence-corrected chi connectivity index (χ1v) is 6.83. The zero-order valence-electron chi connectivity index (χ0n) is 12.4. The molecule has 1 heterocycles. The second-order valence-corrected chi connectivity index (χ2v) is 5.37. The highest BCUT2D eigenvalue weighted by molar-refractivity contribution is 6.01. The van der Waals surface area contributed by atoms with Gasteiger partial charge < -0.3 is 15.7 Å². The molecule has 0 aromatic carbocycles. The topological polar surface area (TPSA) is 116 Å². The molecule has 2 atom stereocenters. The highest BCUT2D eigenvalue weighted by Crippen LogP contribution is 2.14. The number of rotatable bonds is 5. The number of carbonyl (C=O) groups excluding carboxylic acids is 3. The van der Waals surface area contributed by atoms with Crippen molar-refractivity contribution in [2.75, 3.05) is 7.05 Å². The first-order valence-electron chi connectivity index (χ1n) is 6.83. The van der Waals surface area contributed by atoms with E-state index < -0.39 is 29.5 Å². The molecule has 2 unspecified atom stereocenters. The van der Waals surface area contributed by atoms with Crippen molar-refractivity contribution in [2.24, 2.45) is 0 Å². The second-order valence-electron chi connectivity index (χ2n) is 5.37. The van der Waals surface area contributed by atoms with Crippen LogP contribution in [0.4, 0.5) is 4.79 Å². The lowest BCUT2D eigenvalue weighted by molar-refractivity contribution is -0.147.